The lowest BCUT2D eigenvalue weighted by atomic mass is 10.0. The van der Waals surface area contributed by atoms with Crippen molar-refractivity contribution in [3.8, 4) is 0 Å². The van der Waals surface area contributed by atoms with Crippen LogP contribution in [0.4, 0.5) is 0 Å². The largest absolute Gasteiger partial charge is 0.345 e. The highest BCUT2D eigenvalue weighted by molar-refractivity contribution is 5.77. The Morgan fingerprint density at radius 2 is 2.00 bits per heavy atom. The van der Waals surface area contributed by atoms with Gasteiger partial charge in [0.1, 0.15) is 0 Å². The van der Waals surface area contributed by atoms with Gasteiger partial charge in [-0.25, -0.2) is 0 Å². The number of carbonyl (C=O) groups is 1. The Hall–Kier alpha value is -1.35. The summed E-state index contributed by atoms with van der Waals surface area (Å²) < 4.78 is 0. The van der Waals surface area contributed by atoms with Crippen LogP contribution in [0.25, 0.3) is 0 Å². The molecule has 3 heteroatoms. The van der Waals surface area contributed by atoms with Gasteiger partial charge >= 0.3 is 0 Å². The second kappa shape index (κ2) is 6.20. The third kappa shape index (κ3) is 3.80. The highest BCUT2D eigenvalue weighted by atomic mass is 16.2. The van der Waals surface area contributed by atoms with E-state index in [2.05, 4.69) is 36.5 Å². The van der Waals surface area contributed by atoms with Crippen LogP contribution < -0.4 is 5.32 Å². The van der Waals surface area contributed by atoms with Gasteiger partial charge in [0.05, 0.1) is 6.54 Å². The number of hydrogen-bond acceptors (Lipinski definition) is 2. The van der Waals surface area contributed by atoms with Gasteiger partial charge in [0, 0.05) is 19.6 Å². The number of rotatable bonds is 6. The molecule has 0 heterocycles. The predicted octanol–water partition coefficient (Wildman–Crippen LogP) is 2.51. The van der Waals surface area contributed by atoms with Gasteiger partial charge in [0.2, 0.25) is 5.91 Å². The lowest BCUT2D eigenvalue weighted by molar-refractivity contribution is -0.128. The number of hydrogen-bond donors (Lipinski definition) is 1. The molecule has 3 nitrogen and oxygen atoms in total. The molecular formula is C16H24N2O. The summed E-state index contributed by atoms with van der Waals surface area (Å²) in [5.41, 5.74) is 2.58. The number of amides is 1. The summed E-state index contributed by atoms with van der Waals surface area (Å²) in [6, 6.07) is 8.98. The van der Waals surface area contributed by atoms with Crippen molar-refractivity contribution in [2.24, 2.45) is 5.92 Å². The summed E-state index contributed by atoms with van der Waals surface area (Å²) in [4.78, 5) is 13.6. The molecule has 1 atom stereocenters. The zero-order valence-corrected chi connectivity index (χ0v) is 12.1. The molecule has 1 fully saturated rings. The number of likely N-dealkylation sites (N-methyl/N-ethyl adjacent to an activating group) is 1. The van der Waals surface area contributed by atoms with E-state index in [-0.39, 0.29) is 5.91 Å². The Labute approximate surface area is 116 Å². The molecule has 1 amide bonds. The molecule has 1 unspecified atom stereocenters. The normalized spacial score (nSPS) is 16.2. The molecule has 19 heavy (non-hydrogen) atoms. The SMILES string of the molecule is CCN(C)C(=O)CNC(c1ccc(C)cc1)C1CC1. The molecule has 1 N–H and O–H groups in total. The maximum atomic E-state index is 11.9. The Morgan fingerprint density at radius 3 is 2.53 bits per heavy atom. The molecule has 1 aromatic rings. The Bertz CT molecular complexity index is 423. The molecule has 0 bridgehead atoms. The van der Waals surface area contributed by atoms with Gasteiger partial charge in [-0.2, -0.15) is 0 Å². The summed E-state index contributed by atoms with van der Waals surface area (Å²) in [5.74, 6) is 0.864. The van der Waals surface area contributed by atoms with Crippen molar-refractivity contribution in [3.05, 3.63) is 35.4 Å². The Morgan fingerprint density at radius 1 is 1.37 bits per heavy atom. The van der Waals surface area contributed by atoms with E-state index >= 15 is 0 Å². The third-order valence-electron chi connectivity index (χ3n) is 3.90. The van der Waals surface area contributed by atoms with E-state index in [0.717, 1.165) is 6.54 Å². The van der Waals surface area contributed by atoms with Crippen LogP contribution in [-0.4, -0.2) is 30.9 Å². The van der Waals surface area contributed by atoms with Crippen molar-refractivity contribution >= 4 is 5.91 Å². The minimum absolute atomic E-state index is 0.167. The van der Waals surface area contributed by atoms with E-state index in [1.807, 2.05) is 14.0 Å². The van der Waals surface area contributed by atoms with Crippen LogP contribution in [-0.2, 0) is 4.79 Å². The molecule has 0 saturated heterocycles. The second-order valence-electron chi connectivity index (χ2n) is 5.51. The fourth-order valence-corrected chi connectivity index (χ4v) is 2.27. The average molecular weight is 260 g/mol. The summed E-state index contributed by atoms with van der Waals surface area (Å²) in [6.45, 7) is 5.29. The van der Waals surface area contributed by atoms with Crippen molar-refractivity contribution < 1.29 is 4.79 Å². The smallest absolute Gasteiger partial charge is 0.236 e. The van der Waals surface area contributed by atoms with Crippen LogP contribution >= 0.6 is 0 Å². The van der Waals surface area contributed by atoms with Crippen LogP contribution in [0.2, 0.25) is 0 Å². The van der Waals surface area contributed by atoms with Crippen molar-refractivity contribution in [2.75, 3.05) is 20.1 Å². The Balaban J connectivity index is 1.97. The summed E-state index contributed by atoms with van der Waals surface area (Å²) in [5, 5.41) is 3.44. The highest BCUT2D eigenvalue weighted by Crippen LogP contribution is 2.40. The topological polar surface area (TPSA) is 32.3 Å². The standard InChI is InChI=1S/C16H24N2O/c1-4-18(3)15(19)11-17-16(14-9-10-14)13-7-5-12(2)6-8-13/h5-8,14,16-17H,4,9-11H2,1-3H3. The van der Waals surface area contributed by atoms with Gasteiger partial charge < -0.3 is 10.2 Å². The first kappa shape index (κ1) is 14.1. The highest BCUT2D eigenvalue weighted by Gasteiger charge is 2.32. The molecule has 1 aliphatic rings. The first-order valence-corrected chi connectivity index (χ1v) is 7.15. The van der Waals surface area contributed by atoms with Crippen LogP contribution in [0.3, 0.4) is 0 Å². The van der Waals surface area contributed by atoms with Crippen LogP contribution in [0.5, 0.6) is 0 Å². The monoisotopic (exact) mass is 260 g/mol. The van der Waals surface area contributed by atoms with Gasteiger partial charge in [0.15, 0.2) is 0 Å². The molecule has 0 radical (unpaired) electrons. The zero-order chi connectivity index (χ0) is 13.8. The van der Waals surface area contributed by atoms with E-state index in [9.17, 15) is 4.79 Å². The number of nitrogens with one attached hydrogen (secondary N) is 1. The van der Waals surface area contributed by atoms with Crippen LogP contribution in [0.15, 0.2) is 24.3 Å². The van der Waals surface area contributed by atoms with E-state index in [4.69, 9.17) is 0 Å². The molecular weight excluding hydrogens is 236 g/mol. The molecule has 104 valence electrons. The summed E-state index contributed by atoms with van der Waals surface area (Å²) in [6.07, 6.45) is 2.53. The van der Waals surface area contributed by atoms with Gasteiger partial charge in [-0.1, -0.05) is 29.8 Å². The number of benzene rings is 1. The first-order valence-electron chi connectivity index (χ1n) is 7.15. The van der Waals surface area contributed by atoms with Gasteiger partial charge in [-0.05, 0) is 38.2 Å². The quantitative estimate of drug-likeness (QED) is 0.852. The molecule has 2 rings (SSSR count). The minimum atomic E-state index is 0.167. The lowest BCUT2D eigenvalue weighted by Crippen LogP contribution is -2.37. The third-order valence-corrected chi connectivity index (χ3v) is 3.90. The lowest BCUT2D eigenvalue weighted by Gasteiger charge is -2.21. The van der Waals surface area contributed by atoms with Crippen molar-refractivity contribution in [3.63, 3.8) is 0 Å². The molecule has 1 saturated carbocycles. The fraction of sp³-hybridized carbons (Fsp3) is 0.562. The fourth-order valence-electron chi connectivity index (χ4n) is 2.27. The van der Waals surface area contributed by atoms with Crippen LogP contribution in [0, 0.1) is 12.8 Å². The number of nitrogens with zero attached hydrogens (tertiary/aromatic N) is 1. The van der Waals surface area contributed by atoms with Gasteiger partial charge in [-0.3, -0.25) is 4.79 Å². The second-order valence-corrected chi connectivity index (χ2v) is 5.51. The van der Waals surface area contributed by atoms with Crippen molar-refractivity contribution in [1.82, 2.24) is 10.2 Å². The van der Waals surface area contributed by atoms with Crippen molar-refractivity contribution in [2.45, 2.75) is 32.7 Å². The van der Waals surface area contributed by atoms with E-state index in [1.54, 1.807) is 4.90 Å². The zero-order valence-electron chi connectivity index (χ0n) is 12.1. The van der Waals surface area contributed by atoms with Crippen molar-refractivity contribution in [1.29, 1.82) is 0 Å². The molecule has 1 aromatic carbocycles. The molecule has 1 aliphatic carbocycles. The molecule has 0 aromatic heterocycles. The van der Waals surface area contributed by atoms with Crippen LogP contribution in [0.1, 0.15) is 36.9 Å². The minimum Gasteiger partial charge on any atom is -0.345 e. The summed E-state index contributed by atoms with van der Waals surface area (Å²) in [7, 11) is 1.85. The van der Waals surface area contributed by atoms with E-state index in [1.165, 1.54) is 24.0 Å². The maximum absolute atomic E-state index is 11.9. The molecule has 0 spiro atoms. The predicted molar refractivity (Wildman–Crippen MR) is 78.0 cm³/mol. The van der Waals surface area contributed by atoms with E-state index in [0.29, 0.717) is 18.5 Å². The maximum Gasteiger partial charge on any atom is 0.236 e. The number of carbonyl (C=O) groups excluding carboxylic acids is 1. The summed E-state index contributed by atoms with van der Waals surface area (Å²) >= 11 is 0. The first-order chi connectivity index (χ1) is 9.11. The molecule has 0 aliphatic heterocycles. The van der Waals surface area contributed by atoms with Gasteiger partial charge in [-0.15, -0.1) is 0 Å². The van der Waals surface area contributed by atoms with Gasteiger partial charge in [0.25, 0.3) is 0 Å². The number of aryl methyl sites for hydroxylation is 1. The van der Waals surface area contributed by atoms with E-state index < -0.39 is 0 Å². The average Bonchev–Trinajstić information content (AvgIpc) is 3.24. The Kier molecular flexibility index (Phi) is 4.59.